The van der Waals surface area contributed by atoms with Crippen molar-refractivity contribution in [3.05, 3.63) is 176 Å². The Morgan fingerprint density at radius 3 is 1.81 bits per heavy atom. The first-order valence-electron chi connectivity index (χ1n) is 21.3. The van der Waals surface area contributed by atoms with Crippen LogP contribution in [0, 0.1) is 55.4 Å². The maximum Gasteiger partial charge on any atom is 0.137 e. The van der Waals surface area contributed by atoms with Gasteiger partial charge in [-0.3, -0.25) is 9.24 Å². The summed E-state index contributed by atoms with van der Waals surface area (Å²) in [4.78, 5) is 5.00. The second kappa shape index (κ2) is 13.1. The minimum Gasteiger partial charge on any atom is -0.298 e. The van der Waals surface area contributed by atoms with Crippen molar-refractivity contribution in [2.75, 3.05) is 0 Å². The van der Waals surface area contributed by atoms with Gasteiger partial charge in [-0.25, -0.2) is 9.66 Å². The molecule has 2 aliphatic rings. The molecule has 4 nitrogen and oxygen atoms in total. The molecule has 0 saturated heterocycles. The van der Waals surface area contributed by atoms with Gasteiger partial charge in [0.15, 0.2) is 0 Å². The number of pyridine rings is 1. The van der Waals surface area contributed by atoms with Gasteiger partial charge in [-0.1, -0.05) is 30.3 Å². The molecule has 0 radical (unpaired) electrons. The van der Waals surface area contributed by atoms with Gasteiger partial charge in [0, 0.05) is 46.0 Å². The summed E-state index contributed by atoms with van der Waals surface area (Å²) in [6.07, 6.45) is 12.9. The molecule has 4 heterocycles. The van der Waals surface area contributed by atoms with Crippen molar-refractivity contribution in [3.63, 3.8) is 0 Å². The zero-order valence-electron chi connectivity index (χ0n) is 35.5. The summed E-state index contributed by atoms with van der Waals surface area (Å²) in [6.45, 7) is 17.8. The Hall–Kier alpha value is -6.39. The van der Waals surface area contributed by atoms with Crippen LogP contribution in [0.2, 0.25) is 0 Å². The van der Waals surface area contributed by atoms with E-state index < -0.39 is 0 Å². The summed E-state index contributed by atoms with van der Waals surface area (Å²) in [5.41, 5.74) is 27.8. The largest absolute Gasteiger partial charge is 0.298 e. The third-order valence-corrected chi connectivity index (χ3v) is 13.9. The summed E-state index contributed by atoms with van der Waals surface area (Å²) >= 11 is 0. The Labute approximate surface area is 347 Å². The first kappa shape index (κ1) is 35.7. The first-order valence-corrected chi connectivity index (χ1v) is 21.3. The number of hydrogen-bond acceptors (Lipinski definition) is 1. The average molecular weight is 767 g/mol. The molecular formula is C55H50N4. The van der Waals surface area contributed by atoms with Crippen molar-refractivity contribution in [3.8, 4) is 28.1 Å². The summed E-state index contributed by atoms with van der Waals surface area (Å²) in [7, 11) is 0. The van der Waals surface area contributed by atoms with Crippen LogP contribution in [0.4, 0.5) is 0 Å². The van der Waals surface area contributed by atoms with E-state index in [4.69, 9.17) is 4.98 Å². The van der Waals surface area contributed by atoms with E-state index in [1.807, 2.05) is 6.20 Å². The van der Waals surface area contributed by atoms with E-state index in [1.54, 1.807) is 0 Å². The lowest BCUT2D eigenvalue weighted by Crippen LogP contribution is -2.08. The third kappa shape index (κ3) is 5.53. The number of allylic oxidation sites excluding steroid dienone is 1. The fourth-order valence-corrected chi connectivity index (χ4v) is 10.2. The Morgan fingerprint density at radius 1 is 0.508 bits per heavy atom. The van der Waals surface area contributed by atoms with E-state index in [0.717, 1.165) is 31.5 Å². The average Bonchev–Trinajstić information content (AvgIpc) is 3.90. The molecule has 0 aliphatic heterocycles. The van der Waals surface area contributed by atoms with Crippen LogP contribution < -0.4 is 0 Å². The normalized spacial score (nSPS) is 13.6. The highest BCUT2D eigenvalue weighted by Gasteiger charge is 2.27. The number of aromatic nitrogens is 4. The molecule has 11 rings (SSSR count). The van der Waals surface area contributed by atoms with Gasteiger partial charge >= 0.3 is 0 Å². The van der Waals surface area contributed by atoms with Crippen molar-refractivity contribution in [2.24, 2.45) is 0 Å². The smallest absolute Gasteiger partial charge is 0.137 e. The number of hydrogen-bond donors (Lipinski definition) is 0. The highest BCUT2D eigenvalue weighted by atomic mass is 15.4. The van der Waals surface area contributed by atoms with Crippen molar-refractivity contribution < 1.29 is 0 Å². The molecule has 0 atom stereocenters. The Balaban J connectivity index is 1.14. The van der Waals surface area contributed by atoms with Crippen LogP contribution in [0.25, 0.3) is 72.4 Å². The van der Waals surface area contributed by atoms with Gasteiger partial charge in [0.1, 0.15) is 5.82 Å². The second-order valence-electron chi connectivity index (χ2n) is 17.7. The zero-order valence-corrected chi connectivity index (χ0v) is 35.5. The van der Waals surface area contributed by atoms with E-state index in [0.29, 0.717) is 0 Å². The molecule has 0 fully saturated rings. The first-order chi connectivity index (χ1) is 28.5. The molecule has 0 saturated carbocycles. The number of rotatable bonds is 4. The van der Waals surface area contributed by atoms with Gasteiger partial charge in [0.25, 0.3) is 0 Å². The van der Waals surface area contributed by atoms with Crippen LogP contribution in [-0.4, -0.2) is 18.9 Å². The van der Waals surface area contributed by atoms with Gasteiger partial charge in [0.05, 0.1) is 16.6 Å². The third-order valence-electron chi connectivity index (χ3n) is 13.9. The predicted molar refractivity (Wildman–Crippen MR) is 248 cm³/mol. The maximum atomic E-state index is 5.00. The van der Waals surface area contributed by atoms with E-state index >= 15 is 0 Å². The van der Waals surface area contributed by atoms with E-state index in [-0.39, 0.29) is 0 Å². The summed E-state index contributed by atoms with van der Waals surface area (Å²) < 4.78 is 7.15. The second-order valence-corrected chi connectivity index (χ2v) is 17.7. The standard InChI is InChI=1S/C55H50N4/c1-31-15-17-56-55(19-31)58-51-13-11-39(43-20-33(3)37(7)34(4)21-43)24-47(51)49-26-41-9-10-42-27-50-48-25-40(44-22-35(5)38(8)36(6)23-44)12-14-52(48)59(57-18-16-32(2)30-57)54(50)29-46(42)45(41)28-53(49)58/h12,14-30H,9-11,13H2,1-8H3. The van der Waals surface area contributed by atoms with Gasteiger partial charge in [-0.2, -0.15) is 0 Å². The van der Waals surface area contributed by atoms with Crippen molar-refractivity contribution >= 4 is 44.4 Å². The molecule has 2 aliphatic carbocycles. The van der Waals surface area contributed by atoms with Crippen molar-refractivity contribution in [1.29, 1.82) is 0 Å². The van der Waals surface area contributed by atoms with Gasteiger partial charge in [0.2, 0.25) is 0 Å². The lowest BCUT2D eigenvalue weighted by Gasteiger charge is -2.21. The number of nitrogens with zero attached hydrogens (tertiary/aromatic N) is 4. The van der Waals surface area contributed by atoms with Gasteiger partial charge < -0.3 is 0 Å². The molecule has 4 aromatic heterocycles. The maximum absolute atomic E-state index is 5.00. The molecule has 290 valence electrons. The lowest BCUT2D eigenvalue weighted by molar-refractivity contribution is 0.717. The SMILES string of the molecule is Cc1ccnc(-n2c3c(c4cc5c(cc42)-c2cc4c(cc2CC5)c2cc(-c5cc(C)c(C)c(C)c5)ccc2n4-n2ccc(C)c2)C=C(c2cc(C)c(C)c(C)c2)CC3)c1. The predicted octanol–water partition coefficient (Wildman–Crippen LogP) is 13.6. The van der Waals surface area contributed by atoms with Crippen LogP contribution in [0.15, 0.2) is 104 Å². The highest BCUT2D eigenvalue weighted by Crippen LogP contribution is 2.45. The molecular weight excluding hydrogens is 717 g/mol. The van der Waals surface area contributed by atoms with E-state index in [1.165, 1.54) is 133 Å². The fourth-order valence-electron chi connectivity index (χ4n) is 10.2. The Morgan fingerprint density at radius 2 is 1.15 bits per heavy atom. The van der Waals surface area contributed by atoms with Crippen LogP contribution in [0.5, 0.6) is 0 Å². The van der Waals surface area contributed by atoms with Crippen molar-refractivity contribution in [2.45, 2.75) is 81.1 Å². The Kier molecular flexibility index (Phi) is 7.91. The van der Waals surface area contributed by atoms with E-state index in [2.05, 4.69) is 173 Å². The van der Waals surface area contributed by atoms with Gasteiger partial charge in [-0.05, 0) is 231 Å². The van der Waals surface area contributed by atoms with E-state index in [9.17, 15) is 0 Å². The minimum atomic E-state index is 0.972. The van der Waals surface area contributed by atoms with Gasteiger partial charge in [-0.15, -0.1) is 0 Å². The topological polar surface area (TPSA) is 27.7 Å². The lowest BCUT2D eigenvalue weighted by atomic mass is 9.83. The van der Waals surface area contributed by atoms with Crippen LogP contribution in [-0.2, 0) is 19.3 Å². The molecule has 4 heteroatoms. The molecule has 9 aromatic rings. The van der Waals surface area contributed by atoms with Crippen molar-refractivity contribution in [1.82, 2.24) is 18.9 Å². The van der Waals surface area contributed by atoms with Crippen LogP contribution in [0.3, 0.4) is 0 Å². The summed E-state index contributed by atoms with van der Waals surface area (Å²) in [5, 5.41) is 3.92. The molecule has 0 spiro atoms. The summed E-state index contributed by atoms with van der Waals surface area (Å²) in [5.74, 6) is 0.999. The monoisotopic (exact) mass is 766 g/mol. The minimum absolute atomic E-state index is 0.972. The molecule has 0 N–H and O–H groups in total. The van der Waals surface area contributed by atoms with Crippen LogP contribution >= 0.6 is 0 Å². The quantitative estimate of drug-likeness (QED) is 0.175. The number of aryl methyl sites for hydroxylation is 8. The molecule has 0 amide bonds. The molecule has 0 bridgehead atoms. The highest BCUT2D eigenvalue weighted by molar-refractivity contribution is 6.11. The molecule has 0 unspecified atom stereocenters. The van der Waals surface area contributed by atoms with Crippen LogP contribution in [0.1, 0.15) is 78.9 Å². The fraction of sp³-hybridized carbons (Fsp3) is 0.218. The number of benzene rings is 5. The zero-order chi connectivity index (χ0) is 40.4. The Bertz CT molecular complexity index is 3250. The molecule has 5 aromatic carbocycles. The molecule has 59 heavy (non-hydrogen) atoms. The number of fused-ring (bicyclic) bond motifs is 9. The summed E-state index contributed by atoms with van der Waals surface area (Å²) in [6, 6.07) is 33.1.